The molecule has 3 heterocycles. The number of rotatable bonds is 5. The quantitative estimate of drug-likeness (QED) is 0.316. The smallest absolute Gasteiger partial charge is 0.165 e. The number of nitrogens with zero attached hydrogens (tertiary/aromatic N) is 2. The van der Waals surface area contributed by atoms with Gasteiger partial charge in [0.25, 0.3) is 0 Å². The van der Waals surface area contributed by atoms with Crippen molar-refractivity contribution in [3.63, 3.8) is 0 Å². The molecule has 5 nitrogen and oxygen atoms in total. The van der Waals surface area contributed by atoms with Crippen molar-refractivity contribution in [2.45, 2.75) is 30.8 Å². The van der Waals surface area contributed by atoms with Crippen LogP contribution in [-0.2, 0) is 15.7 Å². The molecule has 0 N–H and O–H groups in total. The van der Waals surface area contributed by atoms with Gasteiger partial charge in [-0.15, -0.1) is 0 Å². The van der Waals surface area contributed by atoms with Crippen molar-refractivity contribution in [1.82, 2.24) is 8.96 Å². The molecule has 0 amide bonds. The zero-order valence-corrected chi connectivity index (χ0v) is 20.4. The van der Waals surface area contributed by atoms with Crippen LogP contribution in [0, 0.1) is 12.7 Å². The van der Waals surface area contributed by atoms with Gasteiger partial charge >= 0.3 is 0 Å². The molecule has 0 aliphatic carbocycles. The number of pyridine rings is 1. The van der Waals surface area contributed by atoms with Crippen molar-refractivity contribution in [2.24, 2.45) is 0 Å². The molecule has 1 fully saturated rings. The number of ether oxygens (including phenoxy) is 2. The van der Waals surface area contributed by atoms with E-state index < -0.39 is 16.8 Å². The van der Waals surface area contributed by atoms with Crippen molar-refractivity contribution in [3.8, 4) is 16.9 Å². The molecule has 33 heavy (non-hydrogen) atoms. The molecule has 0 radical (unpaired) electrons. The predicted molar refractivity (Wildman–Crippen MR) is 130 cm³/mol. The summed E-state index contributed by atoms with van der Waals surface area (Å²) in [4.78, 5) is 5.17. The van der Waals surface area contributed by atoms with Crippen molar-refractivity contribution in [2.75, 3.05) is 13.2 Å². The first-order chi connectivity index (χ1) is 16.0. The highest BCUT2D eigenvalue weighted by Crippen LogP contribution is 2.35. The molecule has 1 atom stereocenters. The molecule has 1 saturated heterocycles. The van der Waals surface area contributed by atoms with Crippen LogP contribution in [-0.4, -0.2) is 32.5 Å². The second-order valence-electron chi connectivity index (χ2n) is 8.03. The van der Waals surface area contributed by atoms with Crippen molar-refractivity contribution < 1.29 is 18.1 Å². The van der Waals surface area contributed by atoms with Crippen LogP contribution in [0.4, 0.5) is 4.39 Å². The average molecular weight is 529 g/mol. The third-order valence-corrected chi connectivity index (χ3v) is 7.43. The second-order valence-corrected chi connectivity index (χ2v) is 10.3. The Morgan fingerprint density at radius 2 is 1.91 bits per heavy atom. The summed E-state index contributed by atoms with van der Waals surface area (Å²) in [6.45, 7) is 3.24. The number of fused-ring (bicyclic) bond motifs is 1. The summed E-state index contributed by atoms with van der Waals surface area (Å²) in [6, 6.07) is 14.4. The molecule has 2 aromatic carbocycles. The Hall–Kier alpha value is -2.55. The minimum atomic E-state index is -1.50. The monoisotopic (exact) mass is 528 g/mol. The van der Waals surface area contributed by atoms with Gasteiger partial charge in [-0.05, 0) is 58.7 Å². The normalized spacial score (nSPS) is 15.6. The van der Waals surface area contributed by atoms with E-state index in [-0.39, 0.29) is 11.9 Å². The van der Waals surface area contributed by atoms with Gasteiger partial charge in [-0.2, -0.15) is 0 Å². The van der Waals surface area contributed by atoms with Gasteiger partial charge in [-0.3, -0.25) is 0 Å². The van der Waals surface area contributed by atoms with Gasteiger partial charge in [-0.1, -0.05) is 23.8 Å². The predicted octanol–water partition coefficient (Wildman–Crippen LogP) is 6.04. The number of halogens is 2. The standard InChI is InChI=1S/C25H22BrFN2O3S/c1-16-2-5-20(6-3-16)33(30)29-15-22(21-13-18(26)14-28-25(21)29)17-4-7-24(23(27)12-17)32-19-8-10-31-11-9-19/h2-7,12-15,19H,8-11H2,1H3. The Balaban J connectivity index is 1.54. The number of aromatic nitrogens is 2. The largest absolute Gasteiger partial charge is 0.487 e. The zero-order valence-electron chi connectivity index (χ0n) is 18.0. The Bertz CT molecular complexity index is 1330. The lowest BCUT2D eigenvalue weighted by molar-refractivity contribution is 0.0240. The second kappa shape index (κ2) is 9.37. The first-order valence-electron chi connectivity index (χ1n) is 10.7. The zero-order chi connectivity index (χ0) is 22.9. The molecule has 0 saturated carbocycles. The fourth-order valence-corrected chi connectivity index (χ4v) is 5.35. The van der Waals surface area contributed by atoms with Gasteiger partial charge in [0.1, 0.15) is 6.10 Å². The van der Waals surface area contributed by atoms with E-state index in [4.69, 9.17) is 9.47 Å². The van der Waals surface area contributed by atoms with Gasteiger partial charge in [0.15, 0.2) is 28.2 Å². The molecule has 5 rings (SSSR count). The highest BCUT2D eigenvalue weighted by atomic mass is 79.9. The molecule has 8 heteroatoms. The minimum Gasteiger partial charge on any atom is -0.487 e. The molecule has 1 aliphatic heterocycles. The molecule has 170 valence electrons. The van der Waals surface area contributed by atoms with Crippen LogP contribution in [0.25, 0.3) is 22.2 Å². The lowest BCUT2D eigenvalue weighted by atomic mass is 10.1. The van der Waals surface area contributed by atoms with E-state index in [1.807, 2.05) is 43.3 Å². The Labute approximate surface area is 202 Å². The first kappa shape index (κ1) is 22.3. The maximum Gasteiger partial charge on any atom is 0.165 e. The van der Waals surface area contributed by atoms with E-state index in [1.54, 1.807) is 22.4 Å². The van der Waals surface area contributed by atoms with Crippen molar-refractivity contribution >= 4 is 37.9 Å². The van der Waals surface area contributed by atoms with Gasteiger partial charge < -0.3 is 9.47 Å². The van der Waals surface area contributed by atoms with Gasteiger partial charge in [0.2, 0.25) is 0 Å². The van der Waals surface area contributed by atoms with Crippen LogP contribution in [0.2, 0.25) is 0 Å². The Morgan fingerprint density at radius 1 is 1.15 bits per heavy atom. The summed E-state index contributed by atoms with van der Waals surface area (Å²) in [5.41, 5.74) is 3.07. The molecular formula is C25H22BrFN2O3S. The summed E-state index contributed by atoms with van der Waals surface area (Å²) in [5.74, 6) is -0.195. The fraction of sp³-hybridized carbons (Fsp3) is 0.240. The van der Waals surface area contributed by atoms with Crippen LogP contribution in [0.3, 0.4) is 0 Å². The fourth-order valence-electron chi connectivity index (χ4n) is 3.92. The van der Waals surface area contributed by atoms with Crippen LogP contribution in [0.15, 0.2) is 70.3 Å². The van der Waals surface area contributed by atoms with Crippen LogP contribution in [0.5, 0.6) is 5.75 Å². The SMILES string of the molecule is Cc1ccc(S(=O)n2cc(-c3ccc(OC4CCOCC4)c(F)c3)c3cc(Br)cnc32)cc1. The van der Waals surface area contributed by atoms with E-state index in [9.17, 15) is 8.60 Å². The van der Waals surface area contributed by atoms with Gasteiger partial charge in [0.05, 0.1) is 18.1 Å². The van der Waals surface area contributed by atoms with E-state index in [1.165, 1.54) is 6.07 Å². The Kier molecular flexibility index (Phi) is 6.32. The molecular weight excluding hydrogens is 507 g/mol. The average Bonchev–Trinajstić information content (AvgIpc) is 3.20. The van der Waals surface area contributed by atoms with E-state index in [2.05, 4.69) is 20.9 Å². The summed E-state index contributed by atoms with van der Waals surface area (Å²) in [7, 11) is -1.50. The van der Waals surface area contributed by atoms with E-state index in [0.717, 1.165) is 33.8 Å². The Morgan fingerprint density at radius 3 is 2.64 bits per heavy atom. The van der Waals surface area contributed by atoms with Gasteiger partial charge in [0, 0.05) is 40.7 Å². The number of aryl methyl sites for hydroxylation is 1. The minimum absolute atomic E-state index is 0.0434. The molecule has 4 aromatic rings. The van der Waals surface area contributed by atoms with Crippen LogP contribution >= 0.6 is 15.9 Å². The van der Waals surface area contributed by atoms with Crippen LogP contribution < -0.4 is 4.74 Å². The highest BCUT2D eigenvalue weighted by molar-refractivity contribution is 9.10. The summed E-state index contributed by atoms with van der Waals surface area (Å²) >= 11 is 3.47. The number of hydrogen-bond donors (Lipinski definition) is 0. The number of hydrogen-bond acceptors (Lipinski definition) is 4. The summed E-state index contributed by atoms with van der Waals surface area (Å²) < 4.78 is 42.0. The topological polar surface area (TPSA) is 53.4 Å². The molecule has 1 aliphatic rings. The molecule has 0 bridgehead atoms. The summed E-state index contributed by atoms with van der Waals surface area (Å²) in [5, 5.41) is 0.780. The molecule has 2 aromatic heterocycles. The van der Waals surface area contributed by atoms with Crippen molar-refractivity contribution in [1.29, 1.82) is 0 Å². The van der Waals surface area contributed by atoms with Crippen LogP contribution in [0.1, 0.15) is 18.4 Å². The lowest BCUT2D eigenvalue weighted by Crippen LogP contribution is -2.26. The third-order valence-electron chi connectivity index (χ3n) is 5.68. The van der Waals surface area contributed by atoms with Crippen molar-refractivity contribution in [3.05, 3.63) is 76.8 Å². The molecule has 0 spiro atoms. The summed E-state index contributed by atoms with van der Waals surface area (Å²) in [6.07, 6.45) is 4.89. The maximum atomic E-state index is 15.0. The first-order valence-corrected chi connectivity index (χ1v) is 12.6. The lowest BCUT2D eigenvalue weighted by Gasteiger charge is -2.23. The molecule has 1 unspecified atom stereocenters. The van der Waals surface area contributed by atoms with E-state index >= 15 is 0 Å². The maximum absolute atomic E-state index is 15.0. The highest BCUT2D eigenvalue weighted by Gasteiger charge is 2.20. The van der Waals surface area contributed by atoms with Gasteiger partial charge in [-0.25, -0.2) is 17.6 Å². The number of benzene rings is 2. The van der Waals surface area contributed by atoms with E-state index in [0.29, 0.717) is 29.3 Å². The third kappa shape index (κ3) is 4.60.